The molecule has 5 heteroatoms. The molecule has 116 valence electrons. The van der Waals surface area contributed by atoms with Gasteiger partial charge in [-0.1, -0.05) is 12.1 Å². The number of hydrogen-bond donors (Lipinski definition) is 2. The van der Waals surface area contributed by atoms with Crippen LogP contribution in [0.15, 0.2) is 36.7 Å². The summed E-state index contributed by atoms with van der Waals surface area (Å²) in [4.78, 5) is 16.8. The first-order chi connectivity index (χ1) is 10.6. The van der Waals surface area contributed by atoms with Crippen LogP contribution in [0.5, 0.6) is 0 Å². The Morgan fingerprint density at radius 3 is 3.05 bits per heavy atom. The van der Waals surface area contributed by atoms with Gasteiger partial charge in [-0.05, 0) is 38.4 Å². The zero-order valence-corrected chi connectivity index (χ0v) is 13.0. The highest BCUT2D eigenvalue weighted by molar-refractivity contribution is 5.93. The Bertz CT molecular complexity index is 664. The number of rotatable bonds is 3. The van der Waals surface area contributed by atoms with E-state index in [-0.39, 0.29) is 11.8 Å². The van der Waals surface area contributed by atoms with Crippen LogP contribution in [0.25, 0.3) is 11.4 Å². The molecule has 0 radical (unpaired) electrons. The summed E-state index contributed by atoms with van der Waals surface area (Å²) in [5, 5.41) is 6.42. The molecule has 1 aliphatic rings. The third-order valence-corrected chi connectivity index (χ3v) is 4.20. The summed E-state index contributed by atoms with van der Waals surface area (Å²) in [6.07, 6.45) is 5.48. The van der Waals surface area contributed by atoms with Gasteiger partial charge in [0.15, 0.2) is 0 Å². The molecule has 0 unspecified atom stereocenters. The first-order valence-electron chi connectivity index (χ1n) is 7.75. The zero-order valence-electron chi connectivity index (χ0n) is 13.0. The summed E-state index contributed by atoms with van der Waals surface area (Å²) in [6.45, 7) is 3.04. The lowest BCUT2D eigenvalue weighted by Gasteiger charge is -2.27. The second-order valence-electron chi connectivity index (χ2n) is 6.01. The van der Waals surface area contributed by atoms with Crippen molar-refractivity contribution in [1.29, 1.82) is 0 Å². The summed E-state index contributed by atoms with van der Waals surface area (Å²) in [7, 11) is 1.96. The number of amides is 1. The summed E-state index contributed by atoms with van der Waals surface area (Å²) in [6, 6.07) is 8.26. The van der Waals surface area contributed by atoms with Crippen LogP contribution in [0.1, 0.15) is 19.8 Å². The normalized spacial score (nSPS) is 21.5. The van der Waals surface area contributed by atoms with Crippen LogP contribution in [0.3, 0.4) is 0 Å². The molecule has 0 aliphatic carbocycles. The Morgan fingerprint density at radius 2 is 2.32 bits per heavy atom. The summed E-state index contributed by atoms with van der Waals surface area (Å²) in [5.74, 6) is 1.10. The largest absolute Gasteiger partial charge is 0.334 e. The molecule has 1 saturated heterocycles. The molecule has 22 heavy (non-hydrogen) atoms. The van der Waals surface area contributed by atoms with Gasteiger partial charge in [0, 0.05) is 42.7 Å². The number of nitrogens with zero attached hydrogens (tertiary/aromatic N) is 2. The van der Waals surface area contributed by atoms with E-state index in [4.69, 9.17) is 0 Å². The van der Waals surface area contributed by atoms with Crippen LogP contribution < -0.4 is 10.6 Å². The molecule has 2 heterocycles. The maximum absolute atomic E-state index is 12.4. The van der Waals surface area contributed by atoms with Crippen molar-refractivity contribution < 1.29 is 4.79 Å². The van der Waals surface area contributed by atoms with Crippen molar-refractivity contribution in [3.8, 4) is 11.4 Å². The number of benzene rings is 1. The number of nitrogens with one attached hydrogen (secondary N) is 2. The molecule has 1 fully saturated rings. The molecule has 2 aromatic rings. The van der Waals surface area contributed by atoms with Gasteiger partial charge in [0.25, 0.3) is 0 Å². The van der Waals surface area contributed by atoms with E-state index in [1.807, 2.05) is 42.1 Å². The highest BCUT2D eigenvalue weighted by Crippen LogP contribution is 2.23. The number of aromatic nitrogens is 2. The number of carbonyl (C=O) groups excluding carboxylic acids is 1. The first-order valence-corrected chi connectivity index (χ1v) is 7.75. The van der Waals surface area contributed by atoms with E-state index in [1.54, 1.807) is 6.20 Å². The first kappa shape index (κ1) is 14.8. The van der Waals surface area contributed by atoms with Gasteiger partial charge in [-0.3, -0.25) is 4.79 Å². The molecule has 0 saturated carbocycles. The highest BCUT2D eigenvalue weighted by atomic mass is 16.1. The maximum atomic E-state index is 12.4. The van der Waals surface area contributed by atoms with Crippen molar-refractivity contribution in [3.05, 3.63) is 36.7 Å². The van der Waals surface area contributed by atoms with E-state index in [1.165, 1.54) is 0 Å². The molecular weight excluding hydrogens is 276 g/mol. The fourth-order valence-electron chi connectivity index (χ4n) is 2.99. The highest BCUT2D eigenvalue weighted by Gasteiger charge is 2.24. The van der Waals surface area contributed by atoms with E-state index in [2.05, 4.69) is 22.5 Å². The SMILES string of the molecule is C[C@H]1C[C@@H](C(=O)Nc2cccc(-c3nccn3C)c2)CCN1. The standard InChI is InChI=1S/C17H22N4O/c1-12-10-14(6-7-18-12)17(22)20-15-5-3-4-13(11-15)16-19-8-9-21(16)2/h3-5,8-9,11-12,14,18H,6-7,10H2,1-2H3,(H,20,22)/t12-,14-/m0/s1. The van der Waals surface area contributed by atoms with Gasteiger partial charge in [0.1, 0.15) is 5.82 Å². The lowest BCUT2D eigenvalue weighted by Crippen LogP contribution is -2.40. The van der Waals surface area contributed by atoms with Gasteiger partial charge in [-0.15, -0.1) is 0 Å². The van der Waals surface area contributed by atoms with Crippen molar-refractivity contribution >= 4 is 11.6 Å². The van der Waals surface area contributed by atoms with Gasteiger partial charge in [0.05, 0.1) is 0 Å². The van der Waals surface area contributed by atoms with E-state index in [9.17, 15) is 4.79 Å². The average Bonchev–Trinajstić information content (AvgIpc) is 2.94. The Kier molecular flexibility index (Phi) is 4.24. The fraction of sp³-hybridized carbons (Fsp3) is 0.412. The number of anilines is 1. The van der Waals surface area contributed by atoms with Crippen molar-refractivity contribution in [3.63, 3.8) is 0 Å². The topological polar surface area (TPSA) is 59.0 Å². The Balaban J connectivity index is 1.73. The van der Waals surface area contributed by atoms with Crippen molar-refractivity contribution in [2.24, 2.45) is 13.0 Å². The Labute approximate surface area is 130 Å². The van der Waals surface area contributed by atoms with Crippen LogP contribution in [0.2, 0.25) is 0 Å². The molecule has 2 N–H and O–H groups in total. The molecule has 2 atom stereocenters. The van der Waals surface area contributed by atoms with Gasteiger partial charge in [0.2, 0.25) is 5.91 Å². The van der Waals surface area contributed by atoms with Crippen LogP contribution in [0.4, 0.5) is 5.69 Å². The molecule has 0 spiro atoms. The number of hydrogen-bond acceptors (Lipinski definition) is 3. The van der Waals surface area contributed by atoms with Crippen molar-refractivity contribution in [2.45, 2.75) is 25.8 Å². The minimum absolute atomic E-state index is 0.0908. The second-order valence-corrected chi connectivity index (χ2v) is 6.01. The molecule has 1 aromatic carbocycles. The molecular formula is C17H22N4O. The average molecular weight is 298 g/mol. The smallest absolute Gasteiger partial charge is 0.227 e. The van der Waals surface area contributed by atoms with Crippen molar-refractivity contribution in [1.82, 2.24) is 14.9 Å². The monoisotopic (exact) mass is 298 g/mol. The van der Waals surface area contributed by atoms with Gasteiger partial charge in [-0.25, -0.2) is 4.98 Å². The lowest BCUT2D eigenvalue weighted by molar-refractivity contribution is -0.120. The molecule has 3 rings (SSSR count). The third-order valence-electron chi connectivity index (χ3n) is 4.20. The van der Waals surface area contributed by atoms with Crippen molar-refractivity contribution in [2.75, 3.05) is 11.9 Å². The zero-order chi connectivity index (χ0) is 15.5. The molecule has 1 amide bonds. The van der Waals surface area contributed by atoms with E-state index >= 15 is 0 Å². The van der Waals surface area contributed by atoms with Crippen LogP contribution >= 0.6 is 0 Å². The number of carbonyl (C=O) groups is 1. The lowest BCUT2D eigenvalue weighted by atomic mass is 9.92. The molecule has 0 bridgehead atoms. The minimum Gasteiger partial charge on any atom is -0.334 e. The minimum atomic E-state index is 0.0908. The van der Waals surface area contributed by atoms with Gasteiger partial charge in [-0.2, -0.15) is 0 Å². The third kappa shape index (κ3) is 3.20. The number of imidazole rings is 1. The Morgan fingerprint density at radius 1 is 1.45 bits per heavy atom. The summed E-state index contributed by atoms with van der Waals surface area (Å²) < 4.78 is 1.97. The predicted molar refractivity (Wildman–Crippen MR) is 87.5 cm³/mol. The van der Waals surface area contributed by atoms with Gasteiger partial charge >= 0.3 is 0 Å². The molecule has 5 nitrogen and oxygen atoms in total. The second kappa shape index (κ2) is 6.32. The summed E-state index contributed by atoms with van der Waals surface area (Å²) >= 11 is 0. The molecule has 1 aromatic heterocycles. The molecule has 1 aliphatic heterocycles. The van der Waals surface area contributed by atoms with Crippen LogP contribution in [-0.2, 0) is 11.8 Å². The van der Waals surface area contributed by atoms with Crippen LogP contribution in [0, 0.1) is 5.92 Å². The predicted octanol–water partition coefficient (Wildman–Crippen LogP) is 2.41. The van der Waals surface area contributed by atoms with E-state index in [0.717, 1.165) is 36.5 Å². The van der Waals surface area contributed by atoms with Gasteiger partial charge < -0.3 is 15.2 Å². The fourth-order valence-corrected chi connectivity index (χ4v) is 2.99. The van der Waals surface area contributed by atoms with E-state index < -0.39 is 0 Å². The quantitative estimate of drug-likeness (QED) is 0.915. The number of piperidine rings is 1. The maximum Gasteiger partial charge on any atom is 0.227 e. The number of aryl methyl sites for hydroxylation is 1. The van der Waals surface area contributed by atoms with E-state index in [0.29, 0.717) is 6.04 Å². The summed E-state index contributed by atoms with van der Waals surface area (Å²) in [5.41, 5.74) is 1.83. The van der Waals surface area contributed by atoms with Crippen LogP contribution in [-0.4, -0.2) is 28.0 Å². The Hall–Kier alpha value is -2.14.